The fraction of sp³-hybridized carbons (Fsp3) is 0.286. The molecule has 0 atom stereocenters. The zero-order valence-electron chi connectivity index (χ0n) is 10.6. The van der Waals surface area contributed by atoms with Crippen LogP contribution in [0.5, 0.6) is 0 Å². The van der Waals surface area contributed by atoms with Crippen molar-refractivity contribution in [2.75, 3.05) is 0 Å². The molecule has 0 N–H and O–H groups in total. The maximum absolute atomic E-state index is 2.50. The van der Waals surface area contributed by atoms with Gasteiger partial charge in [0, 0.05) is 0 Å². The first-order valence-corrected chi connectivity index (χ1v) is 17.5. The summed E-state index contributed by atoms with van der Waals surface area (Å²) >= 11 is 2.09. The summed E-state index contributed by atoms with van der Waals surface area (Å²) in [6.07, 6.45) is 0. The molecule has 0 radical (unpaired) electrons. The van der Waals surface area contributed by atoms with Crippen molar-refractivity contribution in [3.8, 4) is 0 Å². The maximum atomic E-state index is 2.50. The predicted octanol–water partition coefficient (Wildman–Crippen LogP) is 4.97. The molecule has 0 nitrogen and oxygen atoms in total. The van der Waals surface area contributed by atoms with E-state index in [1.807, 2.05) is 11.3 Å². The van der Waals surface area contributed by atoms with Crippen LogP contribution in [-0.2, 0) is 0 Å². The number of thiophene rings is 2. The van der Waals surface area contributed by atoms with Crippen molar-refractivity contribution in [1.82, 2.24) is 0 Å². The fourth-order valence-electron chi connectivity index (χ4n) is 2.09. The van der Waals surface area contributed by atoms with Crippen molar-refractivity contribution >= 4 is 64.1 Å². The van der Waals surface area contributed by atoms with Gasteiger partial charge >= 0.3 is 115 Å². The van der Waals surface area contributed by atoms with Crippen LogP contribution in [0.1, 0.15) is 4.88 Å². The number of aryl methyl sites for hydroxylation is 1. The number of rotatable bonds is 1. The zero-order chi connectivity index (χ0) is 12.2. The summed E-state index contributed by atoms with van der Waals surface area (Å²) < 4.78 is 4.70. The van der Waals surface area contributed by atoms with Crippen LogP contribution in [-0.4, -0.2) is 18.4 Å². The molecule has 3 heteroatoms. The molecule has 0 fully saturated rings. The molecule has 0 aliphatic rings. The first-order chi connectivity index (χ1) is 7.95. The molecule has 2 heterocycles. The van der Waals surface area contributed by atoms with Crippen LogP contribution >= 0.6 is 22.7 Å². The van der Waals surface area contributed by atoms with Crippen LogP contribution < -0.4 is 2.89 Å². The quantitative estimate of drug-likeness (QED) is 0.533. The number of fused-ring (bicyclic) bond motifs is 3. The second kappa shape index (κ2) is 3.97. The molecule has 2 aromatic heterocycles. The Morgan fingerprint density at radius 1 is 0.882 bits per heavy atom. The van der Waals surface area contributed by atoms with Crippen LogP contribution in [0, 0.1) is 6.92 Å². The van der Waals surface area contributed by atoms with Gasteiger partial charge in [0.1, 0.15) is 0 Å². The van der Waals surface area contributed by atoms with Gasteiger partial charge in [-0.3, -0.25) is 0 Å². The first kappa shape index (κ1) is 12.0. The molecule has 1 aromatic carbocycles. The minimum atomic E-state index is -1.90. The average Bonchev–Trinajstić information content (AvgIpc) is 2.76. The molecule has 0 aliphatic carbocycles. The average molecular weight is 367 g/mol. The van der Waals surface area contributed by atoms with Gasteiger partial charge in [-0.15, -0.1) is 0 Å². The first-order valence-electron chi connectivity index (χ1n) is 5.88. The van der Waals surface area contributed by atoms with Crippen molar-refractivity contribution in [2.45, 2.75) is 21.7 Å². The van der Waals surface area contributed by atoms with Crippen molar-refractivity contribution < 1.29 is 0 Å². The summed E-state index contributed by atoms with van der Waals surface area (Å²) in [6.45, 7) is 2.20. The van der Waals surface area contributed by atoms with Crippen molar-refractivity contribution in [3.63, 3.8) is 0 Å². The van der Waals surface area contributed by atoms with Gasteiger partial charge in [-0.05, 0) is 0 Å². The second-order valence-corrected chi connectivity index (χ2v) is 23.3. The zero-order valence-corrected chi connectivity index (χ0v) is 15.1. The molecule has 0 aliphatic heterocycles. The summed E-state index contributed by atoms with van der Waals surface area (Å²) in [5.41, 5.74) is 0. The summed E-state index contributed by atoms with van der Waals surface area (Å²) in [5, 5.41) is 2.86. The van der Waals surface area contributed by atoms with Crippen LogP contribution in [0.3, 0.4) is 0 Å². The number of benzene rings is 1. The molecule has 3 aromatic rings. The molecule has 0 unspecified atom stereocenters. The molecule has 0 bridgehead atoms. The molecular weight excluding hydrogens is 351 g/mol. The van der Waals surface area contributed by atoms with Gasteiger partial charge in [0.05, 0.1) is 0 Å². The minimum absolute atomic E-state index is 1.41. The van der Waals surface area contributed by atoms with E-state index in [1.54, 1.807) is 2.89 Å². The van der Waals surface area contributed by atoms with Crippen LogP contribution in [0.2, 0.25) is 14.8 Å². The molecule has 0 spiro atoms. The van der Waals surface area contributed by atoms with Gasteiger partial charge in [0.2, 0.25) is 0 Å². The molecule has 88 valence electrons. The number of hydrogen-bond donors (Lipinski definition) is 0. The monoisotopic (exact) mass is 368 g/mol. The van der Waals surface area contributed by atoms with Crippen LogP contribution in [0.15, 0.2) is 24.3 Å². The Balaban J connectivity index is 2.38. The van der Waals surface area contributed by atoms with E-state index in [0.717, 1.165) is 0 Å². The Labute approximate surface area is 114 Å². The van der Waals surface area contributed by atoms with Crippen LogP contribution in [0.25, 0.3) is 20.2 Å². The number of hydrogen-bond acceptors (Lipinski definition) is 2. The third-order valence-electron chi connectivity index (χ3n) is 3.03. The summed E-state index contributed by atoms with van der Waals surface area (Å²) in [7, 11) is 0. The van der Waals surface area contributed by atoms with E-state index in [2.05, 4.69) is 57.3 Å². The molecule has 17 heavy (non-hydrogen) atoms. The summed E-state index contributed by atoms with van der Waals surface area (Å²) in [4.78, 5) is 8.91. The van der Waals surface area contributed by atoms with Gasteiger partial charge in [-0.1, -0.05) is 0 Å². The van der Waals surface area contributed by atoms with Gasteiger partial charge in [-0.25, -0.2) is 0 Å². The van der Waals surface area contributed by atoms with Crippen molar-refractivity contribution in [2.24, 2.45) is 0 Å². The standard InChI is InChI=1S/C11H7S2.3CH3.Sn/c1-7-6-9-3-2-8-4-5-12-10(8)11(9)13-7;;;;/h2-4,6H,1H3;3*1H3;. The summed E-state index contributed by atoms with van der Waals surface area (Å²) in [6, 6.07) is 9.32. The Morgan fingerprint density at radius 2 is 1.47 bits per heavy atom. The van der Waals surface area contributed by atoms with E-state index >= 15 is 0 Å². The Hall–Kier alpha value is -0.0613. The van der Waals surface area contributed by atoms with E-state index in [1.165, 1.54) is 25.0 Å². The topological polar surface area (TPSA) is 0 Å². The molecular formula is C14H16S2Sn. The van der Waals surface area contributed by atoms with E-state index < -0.39 is 18.4 Å². The Morgan fingerprint density at radius 3 is 2.12 bits per heavy atom. The summed E-state index contributed by atoms with van der Waals surface area (Å²) in [5.74, 6) is 0. The van der Waals surface area contributed by atoms with Crippen molar-refractivity contribution in [3.05, 3.63) is 29.1 Å². The molecule has 0 saturated heterocycles. The van der Waals surface area contributed by atoms with E-state index in [-0.39, 0.29) is 0 Å². The van der Waals surface area contributed by atoms with Gasteiger partial charge < -0.3 is 0 Å². The third kappa shape index (κ3) is 2.04. The van der Waals surface area contributed by atoms with E-state index in [0.29, 0.717) is 0 Å². The SMILES string of the molecule is Cc1cc2ccc3c[c]([Sn]([CH3])([CH3])[CH3])sc3c2s1. The van der Waals surface area contributed by atoms with E-state index in [4.69, 9.17) is 0 Å². The van der Waals surface area contributed by atoms with Gasteiger partial charge in [0.25, 0.3) is 0 Å². The Kier molecular flexibility index (Phi) is 2.80. The predicted molar refractivity (Wildman–Crippen MR) is 84.9 cm³/mol. The normalized spacial score (nSPS) is 12.7. The Bertz CT molecular complexity index is 698. The molecule has 0 amide bonds. The van der Waals surface area contributed by atoms with Crippen molar-refractivity contribution in [1.29, 1.82) is 0 Å². The van der Waals surface area contributed by atoms with Crippen LogP contribution in [0.4, 0.5) is 0 Å². The molecule has 3 rings (SSSR count). The fourth-order valence-corrected chi connectivity index (χ4v) is 9.65. The third-order valence-corrected chi connectivity index (χ3v) is 14.8. The second-order valence-electron chi connectivity index (χ2n) is 5.62. The molecule has 0 saturated carbocycles. The van der Waals surface area contributed by atoms with E-state index in [9.17, 15) is 0 Å². The van der Waals surface area contributed by atoms with Gasteiger partial charge in [0.15, 0.2) is 0 Å². The van der Waals surface area contributed by atoms with Gasteiger partial charge in [-0.2, -0.15) is 0 Å².